The number of hydrogen-bond donors (Lipinski definition) is 0. The van der Waals surface area contributed by atoms with Crippen LogP contribution in [0.15, 0.2) is 23.4 Å². The minimum atomic E-state index is -3.77. The number of aryl methyl sites for hydroxylation is 1. The topological polar surface area (TPSA) is 64.3 Å². The lowest BCUT2D eigenvalue weighted by Gasteiger charge is -1.95. The van der Waals surface area contributed by atoms with Crippen molar-refractivity contribution in [1.82, 2.24) is 14.6 Å². The number of nitrogens with zero attached hydrogens (tertiary/aromatic N) is 3. The molecular formula is C7H6ClN3O2S. The molecule has 0 aliphatic carbocycles. The van der Waals surface area contributed by atoms with E-state index >= 15 is 0 Å². The molecule has 2 aromatic heterocycles. The van der Waals surface area contributed by atoms with E-state index in [4.69, 9.17) is 10.7 Å². The molecule has 0 aliphatic rings. The van der Waals surface area contributed by atoms with E-state index in [2.05, 4.69) is 10.1 Å². The molecule has 0 saturated carbocycles. The molecule has 74 valence electrons. The van der Waals surface area contributed by atoms with Gasteiger partial charge in [-0.1, -0.05) is 0 Å². The summed E-state index contributed by atoms with van der Waals surface area (Å²) in [5.74, 6) is 0. The van der Waals surface area contributed by atoms with E-state index in [1.807, 2.05) is 0 Å². The Balaban J connectivity index is 2.74. The van der Waals surface area contributed by atoms with Gasteiger partial charge >= 0.3 is 0 Å². The standard InChI is InChI=1S/C7H6ClN3O2S/c1-5-4-11-6(9-5)2-3-7(10-11)14(8,12)13/h2-4H,1H3. The Kier molecular flexibility index (Phi) is 1.97. The van der Waals surface area contributed by atoms with Gasteiger partial charge in [0.2, 0.25) is 0 Å². The Bertz CT molecular complexity index is 590. The highest BCUT2D eigenvalue weighted by molar-refractivity contribution is 8.13. The molecule has 0 N–H and O–H groups in total. The molecule has 5 nitrogen and oxygen atoms in total. The summed E-state index contributed by atoms with van der Waals surface area (Å²) in [5, 5.41) is 3.62. The average Bonchev–Trinajstić information content (AvgIpc) is 2.41. The first-order valence-electron chi connectivity index (χ1n) is 3.74. The van der Waals surface area contributed by atoms with E-state index in [-0.39, 0.29) is 5.03 Å². The first-order chi connectivity index (χ1) is 6.47. The zero-order valence-electron chi connectivity index (χ0n) is 7.18. The van der Waals surface area contributed by atoms with Crippen LogP contribution < -0.4 is 0 Å². The smallest absolute Gasteiger partial charge is 0.232 e. The van der Waals surface area contributed by atoms with Crippen molar-refractivity contribution in [2.24, 2.45) is 0 Å². The first kappa shape index (κ1) is 9.42. The Morgan fingerprint density at radius 2 is 2.14 bits per heavy atom. The zero-order chi connectivity index (χ0) is 10.3. The van der Waals surface area contributed by atoms with Gasteiger partial charge in [-0.25, -0.2) is 17.9 Å². The molecule has 7 heteroatoms. The van der Waals surface area contributed by atoms with Crippen molar-refractivity contribution >= 4 is 25.4 Å². The van der Waals surface area contributed by atoms with Gasteiger partial charge in [0, 0.05) is 10.7 Å². The molecule has 2 heterocycles. The number of hydrogen-bond acceptors (Lipinski definition) is 4. The summed E-state index contributed by atoms with van der Waals surface area (Å²) in [7, 11) is 1.37. The van der Waals surface area contributed by atoms with Crippen molar-refractivity contribution in [3.05, 3.63) is 24.0 Å². The normalized spacial score (nSPS) is 12.1. The molecule has 14 heavy (non-hydrogen) atoms. The number of fused-ring (bicyclic) bond motifs is 1. The predicted octanol–water partition coefficient (Wildman–Crippen LogP) is 0.965. The second kappa shape index (κ2) is 2.93. The lowest BCUT2D eigenvalue weighted by Crippen LogP contribution is -1.99. The number of halogens is 1. The van der Waals surface area contributed by atoms with Crippen LogP contribution in [0.3, 0.4) is 0 Å². The van der Waals surface area contributed by atoms with Crippen molar-refractivity contribution in [3.63, 3.8) is 0 Å². The highest BCUT2D eigenvalue weighted by atomic mass is 35.7. The van der Waals surface area contributed by atoms with Gasteiger partial charge in [0.1, 0.15) is 0 Å². The zero-order valence-corrected chi connectivity index (χ0v) is 8.75. The molecule has 0 aromatic carbocycles. The lowest BCUT2D eigenvalue weighted by atomic mass is 10.6. The summed E-state index contributed by atoms with van der Waals surface area (Å²) in [6.07, 6.45) is 1.63. The highest BCUT2D eigenvalue weighted by Gasteiger charge is 2.12. The van der Waals surface area contributed by atoms with Gasteiger partial charge in [-0.2, -0.15) is 5.10 Å². The third-order valence-electron chi connectivity index (χ3n) is 1.67. The summed E-state index contributed by atoms with van der Waals surface area (Å²) in [5.41, 5.74) is 1.35. The van der Waals surface area contributed by atoms with E-state index < -0.39 is 9.05 Å². The summed E-state index contributed by atoms with van der Waals surface area (Å²) in [6, 6.07) is 2.87. The quantitative estimate of drug-likeness (QED) is 0.686. The van der Waals surface area contributed by atoms with Gasteiger partial charge in [0.15, 0.2) is 10.7 Å². The fraction of sp³-hybridized carbons (Fsp3) is 0.143. The summed E-state index contributed by atoms with van der Waals surface area (Å²) in [6.45, 7) is 1.80. The van der Waals surface area contributed by atoms with Crippen LogP contribution in [0.25, 0.3) is 5.65 Å². The van der Waals surface area contributed by atoms with Crippen molar-refractivity contribution in [1.29, 1.82) is 0 Å². The van der Waals surface area contributed by atoms with Crippen LogP contribution in [0, 0.1) is 6.92 Å². The molecule has 0 fully saturated rings. The molecule has 0 radical (unpaired) electrons. The molecule has 2 aromatic rings. The minimum absolute atomic E-state index is 0.177. The van der Waals surface area contributed by atoms with Crippen molar-refractivity contribution in [3.8, 4) is 0 Å². The number of rotatable bonds is 1. The second-order valence-electron chi connectivity index (χ2n) is 2.79. The van der Waals surface area contributed by atoms with Crippen molar-refractivity contribution < 1.29 is 8.42 Å². The summed E-state index contributed by atoms with van der Waals surface area (Å²) < 4.78 is 23.3. The van der Waals surface area contributed by atoms with Crippen LogP contribution in [0.2, 0.25) is 0 Å². The number of imidazole rings is 1. The Morgan fingerprint density at radius 3 is 2.79 bits per heavy atom. The second-order valence-corrected chi connectivity index (χ2v) is 5.31. The van der Waals surface area contributed by atoms with Gasteiger partial charge < -0.3 is 0 Å². The van der Waals surface area contributed by atoms with Crippen LogP contribution in [0.4, 0.5) is 0 Å². The third-order valence-corrected chi connectivity index (χ3v) is 2.86. The average molecular weight is 232 g/mol. The van der Waals surface area contributed by atoms with E-state index in [1.165, 1.54) is 10.6 Å². The minimum Gasteiger partial charge on any atom is -0.232 e. The Labute approximate surface area is 84.8 Å². The monoisotopic (exact) mass is 231 g/mol. The maximum Gasteiger partial charge on any atom is 0.280 e. The van der Waals surface area contributed by atoms with Crippen LogP contribution in [-0.2, 0) is 9.05 Å². The van der Waals surface area contributed by atoms with Crippen LogP contribution in [-0.4, -0.2) is 23.0 Å². The predicted molar refractivity (Wildman–Crippen MR) is 50.8 cm³/mol. The van der Waals surface area contributed by atoms with Gasteiger partial charge in [0.05, 0.1) is 11.9 Å². The van der Waals surface area contributed by atoms with Gasteiger partial charge in [-0.3, -0.25) is 0 Å². The van der Waals surface area contributed by atoms with Crippen LogP contribution in [0.1, 0.15) is 5.69 Å². The maximum atomic E-state index is 11.0. The van der Waals surface area contributed by atoms with Gasteiger partial charge in [-0.15, -0.1) is 0 Å². The van der Waals surface area contributed by atoms with E-state index in [1.54, 1.807) is 19.2 Å². The lowest BCUT2D eigenvalue weighted by molar-refractivity contribution is 0.603. The van der Waals surface area contributed by atoms with Gasteiger partial charge in [-0.05, 0) is 19.1 Å². The summed E-state index contributed by atoms with van der Waals surface area (Å²) in [4.78, 5) is 4.10. The SMILES string of the molecule is Cc1cn2nc(S(=O)(=O)Cl)ccc2n1. The summed E-state index contributed by atoms with van der Waals surface area (Å²) >= 11 is 0. The van der Waals surface area contributed by atoms with Crippen LogP contribution in [0.5, 0.6) is 0 Å². The van der Waals surface area contributed by atoms with Crippen LogP contribution >= 0.6 is 10.7 Å². The highest BCUT2D eigenvalue weighted by Crippen LogP contribution is 2.12. The molecule has 0 saturated heterocycles. The molecule has 2 rings (SSSR count). The fourth-order valence-corrected chi connectivity index (χ4v) is 1.78. The molecule has 0 aliphatic heterocycles. The van der Waals surface area contributed by atoms with E-state index in [0.717, 1.165) is 5.69 Å². The Morgan fingerprint density at radius 1 is 1.43 bits per heavy atom. The number of aromatic nitrogens is 3. The van der Waals surface area contributed by atoms with Crippen molar-refractivity contribution in [2.45, 2.75) is 11.9 Å². The third kappa shape index (κ3) is 1.58. The molecule has 0 atom stereocenters. The first-order valence-corrected chi connectivity index (χ1v) is 6.05. The molecular weight excluding hydrogens is 226 g/mol. The molecule has 0 spiro atoms. The Hall–Kier alpha value is -1.14. The van der Waals surface area contributed by atoms with E-state index in [9.17, 15) is 8.42 Å². The van der Waals surface area contributed by atoms with Gasteiger partial charge in [0.25, 0.3) is 9.05 Å². The largest absolute Gasteiger partial charge is 0.280 e. The fourth-order valence-electron chi connectivity index (χ4n) is 1.11. The van der Waals surface area contributed by atoms with E-state index in [0.29, 0.717) is 5.65 Å². The molecule has 0 amide bonds. The molecule has 0 bridgehead atoms. The molecule has 0 unspecified atom stereocenters. The van der Waals surface area contributed by atoms with Crippen molar-refractivity contribution in [2.75, 3.05) is 0 Å². The maximum absolute atomic E-state index is 11.0.